The molecule has 0 heterocycles. The highest BCUT2D eigenvalue weighted by Crippen LogP contribution is 2.42. The average Bonchev–Trinajstić information content (AvgIpc) is 3.58. The zero-order valence-corrected chi connectivity index (χ0v) is 15.3. The third kappa shape index (κ3) is 4.38. The number of benzene rings is 3. The molecule has 1 unspecified atom stereocenters. The standard InChI is InChI=1S/C24H25NO2/c25-24(15-26)20-6-4-5-19(13-20)22-12-17(11-21(14-22)18-9-10-18)16-27-23-7-2-1-3-8-23/h1-8,11-14,18,24,26H,9-10,15-16,25H2. The van der Waals surface area contributed by atoms with Crippen LogP contribution in [0.5, 0.6) is 5.75 Å². The zero-order chi connectivity index (χ0) is 18.6. The van der Waals surface area contributed by atoms with Gasteiger partial charge >= 0.3 is 0 Å². The molecule has 0 radical (unpaired) electrons. The van der Waals surface area contributed by atoms with Crippen molar-refractivity contribution < 1.29 is 9.84 Å². The van der Waals surface area contributed by atoms with E-state index >= 15 is 0 Å². The molecule has 0 aliphatic heterocycles. The highest BCUT2D eigenvalue weighted by Gasteiger charge is 2.24. The fraction of sp³-hybridized carbons (Fsp3) is 0.250. The summed E-state index contributed by atoms with van der Waals surface area (Å²) in [6.07, 6.45) is 2.52. The van der Waals surface area contributed by atoms with Gasteiger partial charge in [0.1, 0.15) is 12.4 Å². The van der Waals surface area contributed by atoms with Crippen molar-refractivity contribution in [2.75, 3.05) is 6.61 Å². The Kier molecular flexibility index (Phi) is 5.23. The van der Waals surface area contributed by atoms with Gasteiger partial charge in [0.15, 0.2) is 0 Å². The number of ether oxygens (including phenoxy) is 1. The second kappa shape index (κ2) is 7.95. The van der Waals surface area contributed by atoms with Gasteiger partial charge in [-0.1, -0.05) is 48.5 Å². The molecular formula is C24H25NO2. The molecule has 1 aliphatic carbocycles. The number of nitrogens with two attached hydrogens (primary N) is 1. The number of hydrogen-bond donors (Lipinski definition) is 2. The Labute approximate surface area is 160 Å². The highest BCUT2D eigenvalue weighted by molar-refractivity contribution is 5.66. The Bertz CT molecular complexity index is 903. The predicted molar refractivity (Wildman–Crippen MR) is 109 cm³/mol. The fourth-order valence-electron chi connectivity index (χ4n) is 3.36. The van der Waals surface area contributed by atoms with E-state index < -0.39 is 0 Å². The van der Waals surface area contributed by atoms with Crippen LogP contribution < -0.4 is 10.5 Å². The molecule has 3 aromatic rings. The van der Waals surface area contributed by atoms with E-state index in [-0.39, 0.29) is 12.6 Å². The van der Waals surface area contributed by atoms with E-state index in [9.17, 15) is 5.11 Å². The van der Waals surface area contributed by atoms with Crippen molar-refractivity contribution in [1.29, 1.82) is 0 Å². The number of para-hydroxylation sites is 1. The summed E-state index contributed by atoms with van der Waals surface area (Å²) in [6.45, 7) is 0.495. The lowest BCUT2D eigenvalue weighted by Gasteiger charge is -2.14. The first kappa shape index (κ1) is 17.8. The molecule has 138 valence electrons. The van der Waals surface area contributed by atoms with Crippen molar-refractivity contribution >= 4 is 0 Å². The minimum atomic E-state index is -0.350. The van der Waals surface area contributed by atoms with Crippen LogP contribution in [0.3, 0.4) is 0 Å². The van der Waals surface area contributed by atoms with Gasteiger partial charge in [-0.15, -0.1) is 0 Å². The number of hydrogen-bond acceptors (Lipinski definition) is 3. The van der Waals surface area contributed by atoms with E-state index in [1.54, 1.807) is 0 Å². The van der Waals surface area contributed by atoms with E-state index in [4.69, 9.17) is 10.5 Å². The summed E-state index contributed by atoms with van der Waals surface area (Å²) in [7, 11) is 0. The SMILES string of the molecule is NC(CO)c1cccc(-c2cc(COc3ccccc3)cc(C3CC3)c2)c1. The van der Waals surface area contributed by atoms with Gasteiger partial charge in [0, 0.05) is 0 Å². The summed E-state index contributed by atoms with van der Waals surface area (Å²) in [5, 5.41) is 9.36. The van der Waals surface area contributed by atoms with Crippen LogP contribution in [-0.4, -0.2) is 11.7 Å². The van der Waals surface area contributed by atoms with Gasteiger partial charge in [0.2, 0.25) is 0 Å². The minimum absolute atomic E-state index is 0.0538. The lowest BCUT2D eigenvalue weighted by molar-refractivity contribution is 0.268. The molecule has 0 bridgehead atoms. The number of aliphatic hydroxyl groups excluding tert-OH is 1. The topological polar surface area (TPSA) is 55.5 Å². The first-order chi connectivity index (χ1) is 13.2. The molecule has 0 aromatic heterocycles. The molecular weight excluding hydrogens is 334 g/mol. The van der Waals surface area contributed by atoms with Gasteiger partial charge in [0.05, 0.1) is 12.6 Å². The van der Waals surface area contributed by atoms with Crippen LogP contribution in [0, 0.1) is 0 Å². The second-order valence-electron chi connectivity index (χ2n) is 7.25. The van der Waals surface area contributed by atoms with E-state index in [2.05, 4.69) is 30.3 Å². The molecule has 1 atom stereocenters. The summed E-state index contributed by atoms with van der Waals surface area (Å²) >= 11 is 0. The lowest BCUT2D eigenvalue weighted by atomic mass is 9.95. The van der Waals surface area contributed by atoms with Gasteiger partial charge in [-0.25, -0.2) is 0 Å². The molecule has 4 rings (SSSR count). The van der Waals surface area contributed by atoms with Crippen LogP contribution in [-0.2, 0) is 6.61 Å². The Balaban J connectivity index is 1.63. The van der Waals surface area contributed by atoms with Crippen LogP contribution >= 0.6 is 0 Å². The summed E-state index contributed by atoms with van der Waals surface area (Å²) in [5.74, 6) is 1.55. The summed E-state index contributed by atoms with van der Waals surface area (Å²) in [6, 6.07) is 24.5. The normalized spacial score (nSPS) is 14.7. The molecule has 3 aromatic carbocycles. The van der Waals surface area contributed by atoms with Gasteiger partial charge in [0.25, 0.3) is 0 Å². The Morgan fingerprint density at radius 1 is 0.926 bits per heavy atom. The first-order valence-corrected chi connectivity index (χ1v) is 9.51. The third-order valence-electron chi connectivity index (χ3n) is 5.06. The maximum Gasteiger partial charge on any atom is 0.119 e. The molecule has 0 saturated heterocycles. The van der Waals surface area contributed by atoms with Crippen molar-refractivity contribution in [3.05, 3.63) is 89.5 Å². The van der Waals surface area contributed by atoms with Crippen LogP contribution in [0.1, 0.15) is 41.5 Å². The average molecular weight is 359 g/mol. The summed E-state index contributed by atoms with van der Waals surface area (Å²) < 4.78 is 5.96. The molecule has 1 saturated carbocycles. The summed E-state index contributed by atoms with van der Waals surface area (Å²) in [4.78, 5) is 0. The molecule has 1 aliphatic rings. The molecule has 3 N–H and O–H groups in total. The maximum absolute atomic E-state index is 9.36. The number of rotatable bonds is 7. The molecule has 0 amide bonds. The number of aliphatic hydroxyl groups is 1. The third-order valence-corrected chi connectivity index (χ3v) is 5.06. The summed E-state index contributed by atoms with van der Waals surface area (Å²) in [5.41, 5.74) is 11.8. The zero-order valence-electron chi connectivity index (χ0n) is 15.3. The van der Waals surface area contributed by atoms with E-state index in [1.807, 2.05) is 42.5 Å². The van der Waals surface area contributed by atoms with E-state index in [0.29, 0.717) is 12.5 Å². The van der Waals surface area contributed by atoms with Crippen LogP contribution in [0.2, 0.25) is 0 Å². The molecule has 0 spiro atoms. The lowest BCUT2D eigenvalue weighted by Crippen LogP contribution is -2.14. The van der Waals surface area contributed by atoms with Crippen molar-refractivity contribution in [2.24, 2.45) is 5.73 Å². The van der Waals surface area contributed by atoms with Gasteiger partial charge in [-0.2, -0.15) is 0 Å². The quantitative estimate of drug-likeness (QED) is 0.637. The molecule has 3 heteroatoms. The van der Waals surface area contributed by atoms with E-state index in [1.165, 1.54) is 29.5 Å². The van der Waals surface area contributed by atoms with Gasteiger partial charge in [-0.3, -0.25) is 0 Å². The molecule has 27 heavy (non-hydrogen) atoms. The van der Waals surface area contributed by atoms with Gasteiger partial charge < -0.3 is 15.6 Å². The van der Waals surface area contributed by atoms with Crippen molar-refractivity contribution in [3.8, 4) is 16.9 Å². The molecule has 1 fully saturated rings. The van der Waals surface area contributed by atoms with Crippen molar-refractivity contribution in [3.63, 3.8) is 0 Å². The van der Waals surface area contributed by atoms with Crippen LogP contribution in [0.15, 0.2) is 72.8 Å². The Morgan fingerprint density at radius 2 is 1.74 bits per heavy atom. The predicted octanol–water partition coefficient (Wildman–Crippen LogP) is 4.80. The Hall–Kier alpha value is -2.62. The van der Waals surface area contributed by atoms with Crippen LogP contribution in [0.4, 0.5) is 0 Å². The largest absolute Gasteiger partial charge is 0.489 e. The molecule has 3 nitrogen and oxygen atoms in total. The van der Waals surface area contributed by atoms with Crippen molar-refractivity contribution in [2.45, 2.75) is 31.4 Å². The first-order valence-electron chi connectivity index (χ1n) is 9.51. The monoisotopic (exact) mass is 359 g/mol. The van der Waals surface area contributed by atoms with E-state index in [0.717, 1.165) is 16.9 Å². The Morgan fingerprint density at radius 3 is 2.48 bits per heavy atom. The minimum Gasteiger partial charge on any atom is -0.489 e. The van der Waals surface area contributed by atoms with Crippen LogP contribution in [0.25, 0.3) is 11.1 Å². The van der Waals surface area contributed by atoms with Crippen molar-refractivity contribution in [1.82, 2.24) is 0 Å². The van der Waals surface area contributed by atoms with Gasteiger partial charge in [-0.05, 0) is 70.8 Å². The fourth-order valence-corrected chi connectivity index (χ4v) is 3.36. The highest BCUT2D eigenvalue weighted by atomic mass is 16.5. The smallest absolute Gasteiger partial charge is 0.119 e. The maximum atomic E-state index is 9.36. The second-order valence-corrected chi connectivity index (χ2v) is 7.25.